The topological polar surface area (TPSA) is 27.7 Å². The van der Waals surface area contributed by atoms with E-state index in [9.17, 15) is 0 Å². The van der Waals surface area contributed by atoms with Crippen molar-refractivity contribution >= 4 is 8.80 Å². The van der Waals surface area contributed by atoms with E-state index in [0.717, 1.165) is 12.5 Å². The number of quaternary nitrogens is 1. The lowest BCUT2D eigenvalue weighted by molar-refractivity contribution is -0.915. The summed E-state index contributed by atoms with van der Waals surface area (Å²) in [5, 5.41) is 0. The van der Waals surface area contributed by atoms with Gasteiger partial charge in [-0.1, -0.05) is 0 Å². The van der Waals surface area contributed by atoms with Crippen molar-refractivity contribution in [1.82, 2.24) is 0 Å². The maximum Gasteiger partial charge on any atom is 0.500 e. The quantitative estimate of drug-likeness (QED) is 0.494. The van der Waals surface area contributed by atoms with Crippen molar-refractivity contribution in [3.63, 3.8) is 0 Å². The zero-order valence-corrected chi connectivity index (χ0v) is 12.8. The van der Waals surface area contributed by atoms with Crippen molar-refractivity contribution in [3.05, 3.63) is 0 Å². The number of hydrogen-bond acceptors (Lipinski definition) is 3. The van der Waals surface area contributed by atoms with Crippen LogP contribution in [0.3, 0.4) is 0 Å². The lowest BCUT2D eigenvalue weighted by Gasteiger charge is -2.34. The largest absolute Gasteiger partial charge is 0.500 e. The standard InChI is InChI=1S/C12H28NO3Si/c1-5-13(9-6-7-10-13)11-8-12-17(14-2,15-3)16-4/h5-12H2,1-4H3/q+1. The zero-order chi connectivity index (χ0) is 12.8. The molecule has 0 amide bonds. The SMILES string of the molecule is CC[N+]1(CCC[Si](OC)(OC)OC)CCCC1. The van der Waals surface area contributed by atoms with Crippen LogP contribution in [0.5, 0.6) is 0 Å². The summed E-state index contributed by atoms with van der Waals surface area (Å²) in [6, 6.07) is 0.927. The summed E-state index contributed by atoms with van der Waals surface area (Å²) < 4.78 is 17.6. The van der Waals surface area contributed by atoms with E-state index in [4.69, 9.17) is 13.3 Å². The second-order valence-electron chi connectivity index (χ2n) is 4.93. The van der Waals surface area contributed by atoms with Crippen LogP contribution in [0, 0.1) is 0 Å². The van der Waals surface area contributed by atoms with Gasteiger partial charge >= 0.3 is 8.80 Å². The molecule has 0 unspecified atom stereocenters. The predicted octanol–water partition coefficient (Wildman–Crippen LogP) is 1.89. The highest BCUT2D eigenvalue weighted by Crippen LogP contribution is 2.22. The van der Waals surface area contributed by atoms with E-state index >= 15 is 0 Å². The van der Waals surface area contributed by atoms with Gasteiger partial charge in [-0.15, -0.1) is 0 Å². The third kappa shape index (κ3) is 3.76. The fraction of sp³-hybridized carbons (Fsp3) is 1.00. The van der Waals surface area contributed by atoms with Gasteiger partial charge in [-0.3, -0.25) is 0 Å². The number of likely N-dealkylation sites (tertiary alicyclic amines) is 1. The fourth-order valence-corrected chi connectivity index (χ4v) is 4.59. The lowest BCUT2D eigenvalue weighted by atomic mass is 10.3. The van der Waals surface area contributed by atoms with E-state index in [1.807, 2.05) is 0 Å². The van der Waals surface area contributed by atoms with Crippen molar-refractivity contribution in [2.45, 2.75) is 32.2 Å². The highest BCUT2D eigenvalue weighted by Gasteiger charge is 2.39. The summed E-state index contributed by atoms with van der Waals surface area (Å²) >= 11 is 0. The van der Waals surface area contributed by atoms with Gasteiger partial charge < -0.3 is 17.8 Å². The molecule has 102 valence electrons. The molecular weight excluding hydrogens is 234 g/mol. The average Bonchev–Trinajstić information content (AvgIpc) is 2.85. The predicted molar refractivity (Wildman–Crippen MR) is 70.8 cm³/mol. The molecule has 0 atom stereocenters. The molecule has 0 aromatic rings. The van der Waals surface area contributed by atoms with Crippen molar-refractivity contribution in [2.75, 3.05) is 47.5 Å². The van der Waals surface area contributed by atoms with Crippen LogP contribution in [0.15, 0.2) is 0 Å². The molecule has 1 aliphatic rings. The van der Waals surface area contributed by atoms with Gasteiger partial charge in [0, 0.05) is 46.6 Å². The molecular formula is C12H28NO3Si+. The first-order valence-electron chi connectivity index (χ1n) is 6.66. The third-order valence-corrected chi connectivity index (χ3v) is 7.07. The van der Waals surface area contributed by atoms with Gasteiger partial charge in [-0.25, -0.2) is 0 Å². The van der Waals surface area contributed by atoms with Crippen molar-refractivity contribution in [1.29, 1.82) is 0 Å². The number of hydrogen-bond donors (Lipinski definition) is 0. The lowest BCUT2D eigenvalue weighted by Crippen LogP contribution is -2.48. The molecule has 0 bridgehead atoms. The Morgan fingerprint density at radius 1 is 1.00 bits per heavy atom. The molecule has 1 heterocycles. The van der Waals surface area contributed by atoms with Crippen LogP contribution in [0.2, 0.25) is 6.04 Å². The van der Waals surface area contributed by atoms with Gasteiger partial charge in [0.05, 0.1) is 26.2 Å². The van der Waals surface area contributed by atoms with Gasteiger partial charge in [-0.05, 0) is 6.92 Å². The first-order valence-corrected chi connectivity index (χ1v) is 8.59. The Labute approximate surface area is 107 Å². The average molecular weight is 262 g/mol. The molecule has 1 aliphatic heterocycles. The molecule has 17 heavy (non-hydrogen) atoms. The minimum absolute atomic E-state index is 0.927. The Bertz CT molecular complexity index is 199. The van der Waals surface area contributed by atoms with Crippen LogP contribution >= 0.6 is 0 Å². The van der Waals surface area contributed by atoms with Crippen molar-refractivity contribution < 1.29 is 17.8 Å². The Morgan fingerprint density at radius 3 is 1.94 bits per heavy atom. The minimum atomic E-state index is -2.35. The maximum atomic E-state index is 5.46. The van der Waals surface area contributed by atoms with Crippen molar-refractivity contribution in [2.24, 2.45) is 0 Å². The summed E-state index contributed by atoms with van der Waals surface area (Å²) in [6.45, 7) is 7.48. The Balaban J connectivity index is 2.39. The van der Waals surface area contributed by atoms with Crippen LogP contribution in [0.4, 0.5) is 0 Å². The highest BCUT2D eigenvalue weighted by molar-refractivity contribution is 6.60. The van der Waals surface area contributed by atoms with Crippen LogP contribution < -0.4 is 0 Å². The first kappa shape index (κ1) is 15.1. The Morgan fingerprint density at radius 2 is 1.53 bits per heavy atom. The molecule has 0 radical (unpaired) electrons. The van der Waals surface area contributed by atoms with Gasteiger partial charge in [0.1, 0.15) is 0 Å². The summed E-state index contributed by atoms with van der Waals surface area (Å²) in [5.74, 6) is 0. The minimum Gasteiger partial charge on any atom is -0.377 e. The highest BCUT2D eigenvalue weighted by atomic mass is 28.4. The smallest absolute Gasteiger partial charge is 0.377 e. The van der Waals surface area contributed by atoms with Gasteiger partial charge in [0.15, 0.2) is 0 Å². The van der Waals surface area contributed by atoms with E-state index < -0.39 is 8.80 Å². The molecule has 1 fully saturated rings. The molecule has 1 rings (SSSR count). The molecule has 0 spiro atoms. The van der Waals surface area contributed by atoms with Crippen molar-refractivity contribution in [3.8, 4) is 0 Å². The summed E-state index contributed by atoms with van der Waals surface area (Å²) in [5.41, 5.74) is 0. The molecule has 5 heteroatoms. The van der Waals surface area contributed by atoms with Gasteiger partial charge in [-0.2, -0.15) is 0 Å². The summed E-state index contributed by atoms with van der Waals surface area (Å²) in [4.78, 5) is 0. The second kappa shape index (κ2) is 6.85. The zero-order valence-electron chi connectivity index (χ0n) is 11.8. The van der Waals surface area contributed by atoms with Crippen LogP contribution in [-0.4, -0.2) is 60.8 Å². The monoisotopic (exact) mass is 262 g/mol. The van der Waals surface area contributed by atoms with Gasteiger partial charge in [0.25, 0.3) is 0 Å². The fourth-order valence-electron chi connectivity index (χ4n) is 2.89. The Kier molecular flexibility index (Phi) is 6.09. The molecule has 0 saturated carbocycles. The van der Waals surface area contributed by atoms with E-state index in [1.165, 1.54) is 43.5 Å². The summed E-state index contributed by atoms with van der Waals surface area (Å²) in [7, 11) is 2.74. The van der Waals surface area contributed by atoms with Crippen LogP contribution in [-0.2, 0) is 13.3 Å². The van der Waals surface area contributed by atoms with E-state index in [0.29, 0.717) is 0 Å². The molecule has 0 aromatic heterocycles. The molecule has 0 N–H and O–H groups in total. The Hall–Kier alpha value is 0.0569. The number of rotatable bonds is 8. The van der Waals surface area contributed by atoms with Crippen LogP contribution in [0.1, 0.15) is 26.2 Å². The molecule has 1 saturated heterocycles. The summed E-state index contributed by atoms with van der Waals surface area (Å²) in [6.07, 6.45) is 3.90. The van der Waals surface area contributed by atoms with E-state index in [-0.39, 0.29) is 0 Å². The van der Waals surface area contributed by atoms with Gasteiger partial charge in [0.2, 0.25) is 0 Å². The molecule has 0 aromatic carbocycles. The maximum absolute atomic E-state index is 5.46. The number of nitrogens with zero attached hydrogens (tertiary/aromatic N) is 1. The third-order valence-electron chi connectivity index (χ3n) is 4.23. The normalized spacial score (nSPS) is 19.8. The first-order chi connectivity index (χ1) is 8.16. The molecule has 0 aliphatic carbocycles. The molecule has 4 nitrogen and oxygen atoms in total. The second-order valence-corrected chi connectivity index (χ2v) is 8.03. The van der Waals surface area contributed by atoms with E-state index in [2.05, 4.69) is 6.92 Å². The van der Waals surface area contributed by atoms with Crippen LogP contribution in [0.25, 0.3) is 0 Å². The van der Waals surface area contributed by atoms with E-state index in [1.54, 1.807) is 21.3 Å².